The summed E-state index contributed by atoms with van der Waals surface area (Å²) in [6.07, 6.45) is 1.64. The summed E-state index contributed by atoms with van der Waals surface area (Å²) in [4.78, 5) is 40.7. The molecule has 0 heterocycles. The molecule has 230 valence electrons. The number of halogens is 2. The van der Waals surface area contributed by atoms with Crippen LogP contribution in [0, 0.1) is 6.92 Å². The van der Waals surface area contributed by atoms with Gasteiger partial charge in [-0.3, -0.25) is 14.4 Å². The van der Waals surface area contributed by atoms with Crippen LogP contribution < -0.4 is 16.0 Å². The summed E-state index contributed by atoms with van der Waals surface area (Å²) in [5.41, 5.74) is 4.21. The number of carbonyl (C=O) groups is 3. The predicted octanol–water partition coefficient (Wildman–Crippen LogP) is 9.18. The Hall–Kier alpha value is -4.82. The van der Waals surface area contributed by atoms with Crippen molar-refractivity contribution < 1.29 is 14.4 Å². The first-order valence-electron chi connectivity index (χ1n) is 14.3. The molecule has 0 saturated carbocycles. The van der Waals surface area contributed by atoms with E-state index in [4.69, 9.17) is 23.2 Å². The number of thioether (sulfide) groups is 1. The van der Waals surface area contributed by atoms with E-state index >= 15 is 0 Å². The van der Waals surface area contributed by atoms with Gasteiger partial charge in [0.05, 0.1) is 10.0 Å². The maximum atomic E-state index is 13.5. The van der Waals surface area contributed by atoms with Crippen molar-refractivity contribution in [1.29, 1.82) is 0 Å². The first-order chi connectivity index (χ1) is 22.2. The van der Waals surface area contributed by atoms with Crippen LogP contribution in [0.5, 0.6) is 0 Å². The summed E-state index contributed by atoms with van der Waals surface area (Å²) in [6.45, 7) is 1.96. The van der Waals surface area contributed by atoms with Crippen LogP contribution in [0.1, 0.15) is 32.3 Å². The molecule has 0 aromatic heterocycles. The SMILES string of the molecule is Cc1cccc(/C=C(\NC(=O)c2ccccc2)C(=O)Nc2ccc(SC(C(=O)Nc3ccc(Cl)c(Cl)c3)c3ccccc3)cc2)c1. The van der Waals surface area contributed by atoms with Gasteiger partial charge in [0.1, 0.15) is 10.9 Å². The van der Waals surface area contributed by atoms with Gasteiger partial charge in [0.25, 0.3) is 11.8 Å². The van der Waals surface area contributed by atoms with Crippen molar-refractivity contribution in [2.24, 2.45) is 0 Å². The molecule has 0 bridgehead atoms. The van der Waals surface area contributed by atoms with Gasteiger partial charge in [-0.1, -0.05) is 102 Å². The number of carbonyl (C=O) groups excluding carboxylic acids is 3. The van der Waals surface area contributed by atoms with E-state index in [0.29, 0.717) is 27.0 Å². The summed E-state index contributed by atoms with van der Waals surface area (Å²) in [5, 5.41) is 8.74. The first kappa shape index (κ1) is 32.6. The molecular weight excluding hydrogens is 637 g/mol. The minimum atomic E-state index is -0.576. The molecule has 3 amide bonds. The van der Waals surface area contributed by atoms with E-state index in [9.17, 15) is 14.4 Å². The molecule has 0 saturated heterocycles. The van der Waals surface area contributed by atoms with Crippen LogP contribution in [0.15, 0.2) is 138 Å². The number of aryl methyl sites for hydroxylation is 1. The number of amides is 3. The van der Waals surface area contributed by atoms with Crippen LogP contribution in [0.4, 0.5) is 11.4 Å². The van der Waals surface area contributed by atoms with Gasteiger partial charge in [-0.2, -0.15) is 0 Å². The van der Waals surface area contributed by atoms with E-state index in [-0.39, 0.29) is 11.6 Å². The Morgan fingerprint density at radius 1 is 0.696 bits per heavy atom. The van der Waals surface area contributed by atoms with E-state index in [1.807, 2.05) is 79.7 Å². The zero-order valence-corrected chi connectivity index (χ0v) is 27.0. The Balaban J connectivity index is 1.33. The molecule has 0 spiro atoms. The predicted molar refractivity (Wildman–Crippen MR) is 188 cm³/mol. The molecule has 3 N–H and O–H groups in total. The van der Waals surface area contributed by atoms with Gasteiger partial charge in [0, 0.05) is 21.8 Å². The number of hydrogen-bond acceptors (Lipinski definition) is 4. The first-order valence-corrected chi connectivity index (χ1v) is 15.9. The summed E-state index contributed by atoms with van der Waals surface area (Å²) in [5.74, 6) is -1.10. The van der Waals surface area contributed by atoms with Crippen LogP contribution in [-0.2, 0) is 9.59 Å². The second-order valence-corrected chi connectivity index (χ2v) is 12.3. The van der Waals surface area contributed by atoms with Crippen molar-refractivity contribution in [1.82, 2.24) is 5.32 Å². The Bertz CT molecular complexity index is 1880. The second kappa shape index (κ2) is 15.5. The van der Waals surface area contributed by atoms with Crippen molar-refractivity contribution >= 4 is 70.1 Å². The second-order valence-electron chi connectivity index (χ2n) is 10.3. The van der Waals surface area contributed by atoms with Crippen LogP contribution in [0.25, 0.3) is 6.08 Å². The quantitative estimate of drug-likeness (QED) is 0.103. The van der Waals surface area contributed by atoms with Gasteiger partial charge in [-0.25, -0.2) is 0 Å². The molecule has 0 fully saturated rings. The van der Waals surface area contributed by atoms with Gasteiger partial charge in [-0.05, 0) is 78.7 Å². The molecule has 0 radical (unpaired) electrons. The lowest BCUT2D eigenvalue weighted by molar-refractivity contribution is -0.116. The standard InChI is InChI=1S/C37H29Cl2N3O3S/c1-24-9-8-10-25(21-24)22-33(42-35(43)27-13-6-3-7-14-27)36(44)40-28-15-18-30(19-16-28)46-34(26-11-4-2-5-12-26)37(45)41-29-17-20-31(38)32(39)23-29/h2-23,34H,1H3,(H,40,44)(H,41,45)(H,42,43)/b33-22-. The molecule has 1 atom stereocenters. The molecule has 46 heavy (non-hydrogen) atoms. The lowest BCUT2D eigenvalue weighted by atomic mass is 10.1. The largest absolute Gasteiger partial charge is 0.325 e. The van der Waals surface area contributed by atoms with Crippen molar-refractivity contribution in [2.45, 2.75) is 17.1 Å². The minimum absolute atomic E-state index is 0.0982. The average molecular weight is 667 g/mol. The molecular formula is C37H29Cl2N3O3S. The Labute approximate surface area is 281 Å². The summed E-state index contributed by atoms with van der Waals surface area (Å²) >= 11 is 13.6. The van der Waals surface area contributed by atoms with Crippen molar-refractivity contribution in [3.05, 3.63) is 165 Å². The van der Waals surface area contributed by atoms with Crippen LogP contribution in [0.2, 0.25) is 10.0 Å². The number of hydrogen-bond donors (Lipinski definition) is 3. The summed E-state index contributed by atoms with van der Waals surface area (Å²) < 4.78 is 0. The van der Waals surface area contributed by atoms with Gasteiger partial charge >= 0.3 is 0 Å². The molecule has 1 unspecified atom stereocenters. The fourth-order valence-corrected chi connectivity index (χ4v) is 5.83. The highest BCUT2D eigenvalue weighted by Crippen LogP contribution is 2.37. The van der Waals surface area contributed by atoms with Crippen LogP contribution >= 0.6 is 35.0 Å². The molecule has 0 aliphatic carbocycles. The number of anilines is 2. The van der Waals surface area contributed by atoms with Crippen LogP contribution in [-0.4, -0.2) is 17.7 Å². The van der Waals surface area contributed by atoms with Crippen LogP contribution in [0.3, 0.4) is 0 Å². The smallest absolute Gasteiger partial charge is 0.272 e. The van der Waals surface area contributed by atoms with Gasteiger partial charge in [0.2, 0.25) is 5.91 Å². The van der Waals surface area contributed by atoms with E-state index in [2.05, 4.69) is 16.0 Å². The van der Waals surface area contributed by atoms with E-state index in [1.165, 1.54) is 11.8 Å². The maximum Gasteiger partial charge on any atom is 0.272 e. The minimum Gasteiger partial charge on any atom is -0.325 e. The molecule has 6 nitrogen and oxygen atoms in total. The third-order valence-electron chi connectivity index (χ3n) is 6.78. The Kier molecular flexibility index (Phi) is 10.9. The molecule has 0 aliphatic rings. The molecule has 5 aromatic rings. The highest BCUT2D eigenvalue weighted by Gasteiger charge is 2.23. The zero-order valence-electron chi connectivity index (χ0n) is 24.7. The summed E-state index contributed by atoms with van der Waals surface area (Å²) in [7, 11) is 0. The molecule has 0 aliphatic heterocycles. The number of rotatable bonds is 10. The number of nitrogens with one attached hydrogen (secondary N) is 3. The molecule has 5 rings (SSSR count). The highest BCUT2D eigenvalue weighted by molar-refractivity contribution is 8.00. The zero-order chi connectivity index (χ0) is 32.5. The van der Waals surface area contributed by atoms with E-state index in [1.54, 1.807) is 60.7 Å². The number of benzene rings is 5. The van der Waals surface area contributed by atoms with Gasteiger partial charge in [-0.15, -0.1) is 11.8 Å². The highest BCUT2D eigenvalue weighted by atomic mass is 35.5. The topological polar surface area (TPSA) is 87.3 Å². The fraction of sp³-hybridized carbons (Fsp3) is 0.0541. The van der Waals surface area contributed by atoms with E-state index < -0.39 is 17.1 Å². The summed E-state index contributed by atoms with van der Waals surface area (Å²) in [6, 6.07) is 37.9. The Morgan fingerprint density at radius 3 is 2.04 bits per heavy atom. The third-order valence-corrected chi connectivity index (χ3v) is 8.78. The maximum absolute atomic E-state index is 13.5. The third kappa shape index (κ3) is 8.88. The monoisotopic (exact) mass is 665 g/mol. The van der Waals surface area contributed by atoms with Crippen molar-refractivity contribution in [2.75, 3.05) is 10.6 Å². The lowest BCUT2D eigenvalue weighted by Crippen LogP contribution is -2.30. The van der Waals surface area contributed by atoms with Gasteiger partial charge < -0.3 is 16.0 Å². The molecule has 5 aromatic carbocycles. The fourth-order valence-electron chi connectivity index (χ4n) is 4.50. The Morgan fingerprint density at radius 2 is 1.37 bits per heavy atom. The average Bonchev–Trinajstić information content (AvgIpc) is 3.06. The van der Waals surface area contributed by atoms with Gasteiger partial charge in [0.15, 0.2) is 0 Å². The normalized spacial score (nSPS) is 11.8. The molecule has 9 heteroatoms. The van der Waals surface area contributed by atoms with Crippen molar-refractivity contribution in [3.63, 3.8) is 0 Å². The van der Waals surface area contributed by atoms with Crippen molar-refractivity contribution in [3.8, 4) is 0 Å². The van der Waals surface area contributed by atoms with E-state index in [0.717, 1.165) is 21.6 Å². The lowest BCUT2D eigenvalue weighted by Gasteiger charge is -2.18.